The molecule has 0 bridgehead atoms. The zero-order chi connectivity index (χ0) is 41.1. The molecule has 314 valence electrons. The Kier molecular flexibility index (Phi) is 18.2. The molecule has 0 N–H and O–H groups in total. The van der Waals surface area contributed by atoms with E-state index in [9.17, 15) is 9.59 Å². The van der Waals surface area contributed by atoms with Crippen molar-refractivity contribution in [3.8, 4) is 0 Å². The van der Waals surface area contributed by atoms with Gasteiger partial charge in [0.25, 0.3) is 0 Å². The Labute approximate surface area is 348 Å². The third kappa shape index (κ3) is 12.7. The van der Waals surface area contributed by atoms with Crippen molar-refractivity contribution < 1.29 is 47.0 Å². The van der Waals surface area contributed by atoms with Crippen molar-refractivity contribution in [2.75, 3.05) is 14.2 Å². The SMILES string of the molecule is C.C.CC1(C)OB(B2OC(C)(C)C(C)(C)O2)OC1(C)C.COC(=O)C[C@H](C)c1cccc(B2OC(C)(C)C(C)(C)O2)c1.COC(=O)C[C@H](C)c1cccc(Br)c1. The molecule has 0 aromatic heterocycles. The molecule has 2 aromatic carbocycles. The number of ether oxygens (including phenoxy) is 2. The molecule has 0 aliphatic carbocycles. The number of hydrogen-bond acceptors (Lipinski definition) is 10. The molecule has 14 heteroatoms. The van der Waals surface area contributed by atoms with Crippen molar-refractivity contribution in [2.24, 2.45) is 0 Å². The summed E-state index contributed by atoms with van der Waals surface area (Å²) in [7, 11) is 1.49. The van der Waals surface area contributed by atoms with Crippen LogP contribution in [0.2, 0.25) is 0 Å². The van der Waals surface area contributed by atoms with E-state index in [1.165, 1.54) is 14.2 Å². The molecule has 0 radical (unpaired) electrons. The predicted octanol–water partition coefficient (Wildman–Crippen LogP) is 9.29. The van der Waals surface area contributed by atoms with Gasteiger partial charge in [-0.1, -0.05) is 81.0 Å². The number of esters is 2. The van der Waals surface area contributed by atoms with Gasteiger partial charge in [0, 0.05) is 4.47 Å². The minimum atomic E-state index is -0.476. The van der Waals surface area contributed by atoms with Gasteiger partial charge in [0.05, 0.1) is 60.7 Å². The highest BCUT2D eigenvalue weighted by Gasteiger charge is 2.63. The normalized spacial score (nSPS) is 21.5. The highest BCUT2D eigenvalue weighted by Crippen LogP contribution is 2.43. The highest BCUT2D eigenvalue weighted by atomic mass is 79.9. The van der Waals surface area contributed by atoms with Crippen LogP contribution in [0.5, 0.6) is 0 Å². The van der Waals surface area contributed by atoms with Gasteiger partial charge in [0.1, 0.15) is 0 Å². The van der Waals surface area contributed by atoms with Crippen molar-refractivity contribution in [1.29, 1.82) is 0 Å². The minimum absolute atomic E-state index is 0. The Bertz CT molecular complexity index is 1510. The van der Waals surface area contributed by atoms with Crippen molar-refractivity contribution in [1.82, 2.24) is 0 Å². The van der Waals surface area contributed by atoms with Crippen LogP contribution in [-0.4, -0.2) is 80.9 Å². The molecule has 2 aromatic rings. The van der Waals surface area contributed by atoms with E-state index in [0.29, 0.717) is 12.8 Å². The van der Waals surface area contributed by atoms with Crippen LogP contribution in [0, 0.1) is 0 Å². The third-order valence-corrected chi connectivity index (χ3v) is 12.1. The summed E-state index contributed by atoms with van der Waals surface area (Å²) in [5.41, 5.74) is 1.05. The standard InChI is InChI=1S/C17H25BO4.C12H24B2O4.C11H13BrO2.2CH4/c1-12(10-15(19)20-6)13-8-7-9-14(11-13)18-21-16(2,3)17(4,5)22-18;1-9(2)10(3,4)16-13(15-9)14-17-11(5,6)12(7,8)18-14;1-8(6-11(13)14-2)9-4-3-5-10(12)7-9;;/h7-9,11-12H,10H2,1-6H3;1-8H3;3-5,7-8H,6H2,1-2H3;2*1H4/t12-;;8-;;/m0.0../s1. The van der Waals surface area contributed by atoms with Gasteiger partial charge < -0.3 is 37.4 Å². The van der Waals surface area contributed by atoms with Crippen LogP contribution in [0.25, 0.3) is 0 Å². The molecule has 3 aliphatic rings. The molecule has 3 saturated heterocycles. The second-order valence-electron chi connectivity index (χ2n) is 17.4. The van der Waals surface area contributed by atoms with Crippen LogP contribution in [0.4, 0.5) is 0 Å². The minimum Gasteiger partial charge on any atom is -0.469 e. The molecular weight excluding hydrogens is 777 g/mol. The van der Waals surface area contributed by atoms with E-state index in [4.69, 9.17) is 32.7 Å². The van der Waals surface area contributed by atoms with Crippen LogP contribution in [0.15, 0.2) is 53.0 Å². The van der Waals surface area contributed by atoms with Gasteiger partial charge in [-0.15, -0.1) is 0 Å². The van der Waals surface area contributed by atoms with E-state index in [2.05, 4.69) is 26.7 Å². The van der Waals surface area contributed by atoms with E-state index < -0.39 is 14.0 Å². The van der Waals surface area contributed by atoms with Gasteiger partial charge in [0.15, 0.2) is 0 Å². The fourth-order valence-electron chi connectivity index (χ4n) is 5.71. The number of carbonyl (C=O) groups excluding carboxylic acids is 2. The number of methoxy groups -OCH3 is 2. The van der Waals surface area contributed by atoms with Gasteiger partial charge in [0.2, 0.25) is 0 Å². The molecule has 5 rings (SSSR count). The summed E-state index contributed by atoms with van der Waals surface area (Å²) in [4.78, 5) is 22.5. The lowest BCUT2D eigenvalue weighted by Crippen LogP contribution is -2.41. The smallest absolute Gasteiger partial charge is 0.469 e. The summed E-state index contributed by atoms with van der Waals surface area (Å²) < 4.78 is 46.4. The van der Waals surface area contributed by atoms with Gasteiger partial charge in [-0.2, -0.15) is 0 Å². The first-order valence-electron chi connectivity index (χ1n) is 18.7. The first kappa shape index (κ1) is 51.8. The second-order valence-corrected chi connectivity index (χ2v) is 18.3. The maximum absolute atomic E-state index is 11.4. The molecule has 10 nitrogen and oxygen atoms in total. The molecule has 56 heavy (non-hydrogen) atoms. The molecular formula is C42H70B3BrO10. The first-order valence-corrected chi connectivity index (χ1v) is 19.5. The van der Waals surface area contributed by atoms with Crippen molar-refractivity contribution in [3.05, 3.63) is 64.1 Å². The number of hydrogen-bond donors (Lipinski definition) is 0. The van der Waals surface area contributed by atoms with Crippen molar-refractivity contribution >= 4 is 54.5 Å². The van der Waals surface area contributed by atoms with Crippen molar-refractivity contribution in [3.63, 3.8) is 0 Å². The monoisotopic (exact) mass is 846 g/mol. The van der Waals surface area contributed by atoms with E-state index in [1.54, 1.807) is 0 Å². The lowest BCUT2D eigenvalue weighted by atomic mass is 9.49. The summed E-state index contributed by atoms with van der Waals surface area (Å²) in [6, 6.07) is 16.0. The Morgan fingerprint density at radius 1 is 0.571 bits per heavy atom. The van der Waals surface area contributed by atoms with Gasteiger partial charge in [-0.25, -0.2) is 0 Å². The molecule has 3 heterocycles. The lowest BCUT2D eigenvalue weighted by molar-refractivity contribution is -0.141. The first-order chi connectivity index (χ1) is 24.7. The average Bonchev–Trinajstić information content (AvgIpc) is 3.54. The van der Waals surface area contributed by atoms with Gasteiger partial charge in [-0.05, 0) is 124 Å². The summed E-state index contributed by atoms with van der Waals surface area (Å²) in [6.07, 6.45) is 0.788. The predicted molar refractivity (Wildman–Crippen MR) is 232 cm³/mol. The van der Waals surface area contributed by atoms with E-state index >= 15 is 0 Å². The van der Waals surface area contributed by atoms with E-state index in [-0.39, 0.29) is 79.4 Å². The molecule has 3 aliphatic heterocycles. The summed E-state index contributed by atoms with van der Waals surface area (Å²) >= 11 is 3.40. The zero-order valence-corrected chi connectivity index (χ0v) is 37.0. The quantitative estimate of drug-likeness (QED) is 0.189. The summed E-state index contributed by atoms with van der Waals surface area (Å²) in [5.74, 6) is -0.0826. The third-order valence-electron chi connectivity index (χ3n) is 11.6. The molecule has 0 spiro atoms. The molecule has 2 atom stereocenters. The maximum atomic E-state index is 11.4. The number of benzene rings is 2. The maximum Gasteiger partial charge on any atom is 0.494 e. The fourth-order valence-corrected chi connectivity index (χ4v) is 6.12. The Hall–Kier alpha value is -2.19. The van der Waals surface area contributed by atoms with Crippen LogP contribution >= 0.6 is 15.9 Å². The molecule has 0 saturated carbocycles. The average molecular weight is 847 g/mol. The zero-order valence-electron chi connectivity index (χ0n) is 35.4. The summed E-state index contributed by atoms with van der Waals surface area (Å²) in [5, 5.41) is 0. The van der Waals surface area contributed by atoms with Crippen LogP contribution in [-0.2, 0) is 47.0 Å². The van der Waals surface area contributed by atoms with Crippen LogP contribution in [0.3, 0.4) is 0 Å². The highest BCUT2D eigenvalue weighted by molar-refractivity contribution is 9.10. The number of rotatable bonds is 8. The van der Waals surface area contributed by atoms with Gasteiger partial charge in [-0.3, -0.25) is 9.59 Å². The molecule has 0 amide bonds. The summed E-state index contributed by atoms with van der Waals surface area (Å²) in [6.45, 7) is 28.4. The topological polar surface area (TPSA) is 108 Å². The van der Waals surface area contributed by atoms with Crippen LogP contribution < -0.4 is 5.46 Å². The van der Waals surface area contributed by atoms with E-state index in [0.717, 1.165) is 21.1 Å². The lowest BCUT2D eigenvalue weighted by Gasteiger charge is -2.32. The molecule has 3 fully saturated rings. The fraction of sp³-hybridized carbons (Fsp3) is 0.667. The second kappa shape index (κ2) is 19.7. The van der Waals surface area contributed by atoms with Crippen LogP contribution in [0.1, 0.15) is 148 Å². The van der Waals surface area contributed by atoms with Crippen molar-refractivity contribution in [2.45, 2.75) is 170 Å². The molecule has 0 unspecified atom stereocenters. The largest absolute Gasteiger partial charge is 0.494 e. The number of carbonyl (C=O) groups is 2. The Morgan fingerprint density at radius 2 is 0.893 bits per heavy atom. The number of halogens is 1. The Balaban J connectivity index is 0.000000423. The Morgan fingerprint density at radius 3 is 1.23 bits per heavy atom. The van der Waals surface area contributed by atoms with E-state index in [1.807, 2.05) is 139 Å². The van der Waals surface area contributed by atoms with Gasteiger partial charge >= 0.3 is 33.1 Å².